The van der Waals surface area contributed by atoms with Crippen molar-refractivity contribution in [2.45, 2.75) is 12.5 Å². The number of hydrogen-bond donors (Lipinski definition) is 2. The molecule has 4 rings (SSSR count). The minimum absolute atomic E-state index is 0.0110. The maximum atomic E-state index is 10.4. The van der Waals surface area contributed by atoms with E-state index in [0.29, 0.717) is 28.9 Å². The SMILES string of the molecule is CC(O)(C#CC1=C[N+]2(N)N=C(c3ccco3)N=C2C=N1)COc1ccccc1. The second-order valence-electron chi connectivity index (χ2n) is 6.51. The van der Waals surface area contributed by atoms with Gasteiger partial charge in [0.1, 0.15) is 18.6 Å². The summed E-state index contributed by atoms with van der Waals surface area (Å²) in [6.07, 6.45) is 4.59. The zero-order chi connectivity index (χ0) is 19.6. The Kier molecular flexibility index (Phi) is 4.41. The highest BCUT2D eigenvalue weighted by Gasteiger charge is 2.39. The van der Waals surface area contributed by atoms with Crippen molar-refractivity contribution in [3.63, 3.8) is 0 Å². The number of aliphatic imine (C=N–C) groups is 2. The molecule has 0 bridgehead atoms. The first-order valence-electron chi connectivity index (χ1n) is 8.55. The highest BCUT2D eigenvalue weighted by atomic mass is 16.5. The number of para-hydroxylation sites is 1. The number of nitrogens with zero attached hydrogens (tertiary/aromatic N) is 4. The Morgan fingerprint density at radius 3 is 2.82 bits per heavy atom. The Labute approximate surface area is 161 Å². The number of amidine groups is 2. The molecule has 2 aliphatic rings. The molecule has 28 heavy (non-hydrogen) atoms. The topological polar surface area (TPSA) is 106 Å². The van der Waals surface area contributed by atoms with Gasteiger partial charge in [-0.05, 0) is 46.9 Å². The summed E-state index contributed by atoms with van der Waals surface area (Å²) in [6, 6.07) is 12.7. The van der Waals surface area contributed by atoms with Crippen molar-refractivity contribution in [3.05, 3.63) is 66.4 Å². The molecule has 2 aromatic rings. The lowest BCUT2D eigenvalue weighted by Crippen LogP contribution is -2.50. The standard InChI is InChI=1S/C20H18N5O3/c1-20(26,14-28-16-6-3-2-4-7-16)10-9-15-13-25(21)18(12-22-15)23-19(24-25)17-8-5-11-27-17/h2-8,11-13,26H,14,21H2,1H3/q+1. The predicted octanol–water partition coefficient (Wildman–Crippen LogP) is 1.80. The van der Waals surface area contributed by atoms with Crippen molar-refractivity contribution in [1.29, 1.82) is 0 Å². The second-order valence-corrected chi connectivity index (χ2v) is 6.51. The molecular formula is C20H18N5O3+. The Hall–Kier alpha value is -3.51. The summed E-state index contributed by atoms with van der Waals surface area (Å²) in [5.74, 6) is 13.9. The molecule has 2 unspecified atom stereocenters. The summed E-state index contributed by atoms with van der Waals surface area (Å²) in [4.78, 5) is 8.57. The fourth-order valence-electron chi connectivity index (χ4n) is 2.53. The number of fused-ring (bicyclic) bond motifs is 1. The Morgan fingerprint density at radius 2 is 2.07 bits per heavy atom. The third-order valence-electron chi connectivity index (χ3n) is 3.95. The zero-order valence-corrected chi connectivity index (χ0v) is 15.1. The lowest BCUT2D eigenvalue weighted by molar-refractivity contribution is -0.803. The summed E-state index contributed by atoms with van der Waals surface area (Å²) in [5.41, 5.74) is -1.00. The van der Waals surface area contributed by atoms with E-state index in [4.69, 9.17) is 15.0 Å². The van der Waals surface area contributed by atoms with E-state index >= 15 is 0 Å². The van der Waals surface area contributed by atoms with Gasteiger partial charge < -0.3 is 14.3 Å². The molecule has 8 heteroatoms. The van der Waals surface area contributed by atoms with Gasteiger partial charge in [0.2, 0.25) is 0 Å². The van der Waals surface area contributed by atoms with Gasteiger partial charge in [-0.25, -0.2) is 4.99 Å². The number of hydrogen-bond acceptors (Lipinski definition) is 7. The van der Waals surface area contributed by atoms with Gasteiger partial charge in [0.05, 0.1) is 6.26 Å². The third-order valence-corrected chi connectivity index (χ3v) is 3.95. The highest BCUT2D eigenvalue weighted by Crippen LogP contribution is 2.21. The van der Waals surface area contributed by atoms with Crippen LogP contribution in [0.3, 0.4) is 0 Å². The van der Waals surface area contributed by atoms with Gasteiger partial charge in [-0.15, -0.1) is 5.84 Å². The molecular weight excluding hydrogens is 358 g/mol. The van der Waals surface area contributed by atoms with E-state index in [1.165, 1.54) is 12.5 Å². The van der Waals surface area contributed by atoms with Crippen molar-refractivity contribution in [3.8, 4) is 17.6 Å². The zero-order valence-electron chi connectivity index (χ0n) is 15.1. The van der Waals surface area contributed by atoms with Crippen LogP contribution in [0.5, 0.6) is 5.75 Å². The van der Waals surface area contributed by atoms with Gasteiger partial charge in [0, 0.05) is 0 Å². The summed E-state index contributed by atoms with van der Waals surface area (Å²) in [7, 11) is 0. The molecule has 2 aliphatic heterocycles. The van der Waals surface area contributed by atoms with Crippen molar-refractivity contribution in [2.75, 3.05) is 6.61 Å². The average molecular weight is 376 g/mol. The van der Waals surface area contributed by atoms with Crippen LogP contribution in [0.15, 0.2) is 80.1 Å². The predicted molar refractivity (Wildman–Crippen MR) is 104 cm³/mol. The van der Waals surface area contributed by atoms with E-state index in [0.717, 1.165) is 0 Å². The first-order chi connectivity index (χ1) is 13.4. The molecule has 8 nitrogen and oxygen atoms in total. The molecule has 140 valence electrons. The molecule has 2 atom stereocenters. The average Bonchev–Trinajstić information content (AvgIpc) is 3.32. The van der Waals surface area contributed by atoms with Gasteiger partial charge in [-0.2, -0.15) is 4.99 Å². The highest BCUT2D eigenvalue weighted by molar-refractivity contribution is 6.31. The largest absolute Gasteiger partial charge is 0.490 e. The lowest BCUT2D eigenvalue weighted by atomic mass is 10.1. The van der Waals surface area contributed by atoms with Gasteiger partial charge in [0.15, 0.2) is 23.3 Å². The Bertz CT molecular complexity index is 1060. The molecule has 3 N–H and O–H groups in total. The van der Waals surface area contributed by atoms with E-state index in [9.17, 15) is 5.11 Å². The molecule has 0 aliphatic carbocycles. The monoisotopic (exact) mass is 376 g/mol. The van der Waals surface area contributed by atoms with E-state index < -0.39 is 10.3 Å². The normalized spacial score (nSPS) is 22.2. The van der Waals surface area contributed by atoms with Gasteiger partial charge in [0.25, 0.3) is 11.7 Å². The third kappa shape index (κ3) is 3.77. The molecule has 0 saturated carbocycles. The van der Waals surface area contributed by atoms with Crippen LogP contribution in [0.2, 0.25) is 0 Å². The molecule has 0 radical (unpaired) electrons. The molecule has 1 aromatic carbocycles. The number of benzene rings is 1. The first-order valence-corrected chi connectivity index (χ1v) is 8.55. The minimum Gasteiger partial charge on any atom is -0.490 e. The summed E-state index contributed by atoms with van der Waals surface area (Å²) in [6.45, 7) is 1.58. The molecule has 0 amide bonds. The summed E-state index contributed by atoms with van der Waals surface area (Å²) < 4.78 is 10.5. The summed E-state index contributed by atoms with van der Waals surface area (Å²) >= 11 is 0. The number of allylic oxidation sites excluding steroid dienone is 1. The van der Waals surface area contributed by atoms with Crippen LogP contribution < -0.4 is 10.6 Å². The van der Waals surface area contributed by atoms with Gasteiger partial charge in [-0.3, -0.25) is 0 Å². The smallest absolute Gasteiger partial charge is 0.300 e. The quantitative estimate of drug-likeness (QED) is 0.482. The van der Waals surface area contributed by atoms with Crippen LogP contribution in [0.1, 0.15) is 12.7 Å². The van der Waals surface area contributed by atoms with Gasteiger partial charge >= 0.3 is 0 Å². The number of quaternary nitrogens is 1. The molecule has 0 saturated heterocycles. The van der Waals surface area contributed by atoms with E-state index in [2.05, 4.69) is 26.9 Å². The van der Waals surface area contributed by atoms with E-state index in [-0.39, 0.29) is 6.61 Å². The first kappa shape index (κ1) is 17.9. The minimum atomic E-state index is -1.37. The van der Waals surface area contributed by atoms with Crippen molar-refractivity contribution < 1.29 is 19.0 Å². The lowest BCUT2D eigenvalue weighted by Gasteiger charge is -2.19. The number of rotatable bonds is 4. The van der Waals surface area contributed by atoms with Crippen LogP contribution in [-0.4, -0.2) is 39.9 Å². The van der Waals surface area contributed by atoms with Crippen molar-refractivity contribution in [1.82, 2.24) is 0 Å². The van der Waals surface area contributed by atoms with E-state index in [1.807, 2.05) is 30.3 Å². The molecule has 1 aromatic heterocycles. The van der Waals surface area contributed by atoms with Crippen LogP contribution in [0, 0.1) is 11.8 Å². The molecule has 3 heterocycles. The van der Waals surface area contributed by atoms with Gasteiger partial charge in [-0.1, -0.05) is 24.1 Å². The number of aliphatic hydroxyl groups is 1. The molecule has 0 fully saturated rings. The number of nitrogens with two attached hydrogens (primary N) is 1. The maximum absolute atomic E-state index is 10.4. The van der Waals surface area contributed by atoms with Crippen LogP contribution in [0.25, 0.3) is 0 Å². The van der Waals surface area contributed by atoms with Crippen LogP contribution in [0.4, 0.5) is 0 Å². The van der Waals surface area contributed by atoms with Crippen LogP contribution in [-0.2, 0) is 0 Å². The Morgan fingerprint density at radius 1 is 1.25 bits per heavy atom. The summed E-state index contributed by atoms with van der Waals surface area (Å²) in [5, 5.41) is 14.8. The number of furan rings is 1. The Balaban J connectivity index is 1.49. The second kappa shape index (κ2) is 6.90. The fraction of sp³-hybridized carbons (Fsp3) is 0.150. The number of ether oxygens (including phenoxy) is 1. The molecule has 0 spiro atoms. The van der Waals surface area contributed by atoms with Crippen molar-refractivity contribution >= 4 is 17.9 Å². The van der Waals surface area contributed by atoms with Crippen molar-refractivity contribution in [2.24, 2.45) is 20.9 Å². The van der Waals surface area contributed by atoms with Crippen LogP contribution >= 0.6 is 0 Å². The maximum Gasteiger partial charge on any atom is 0.300 e. The fourth-order valence-corrected chi connectivity index (χ4v) is 2.53. The van der Waals surface area contributed by atoms with E-state index in [1.54, 1.807) is 25.3 Å².